The second-order valence-corrected chi connectivity index (χ2v) is 7.70. The third kappa shape index (κ3) is 2.32. The number of fused-ring (bicyclic) bond motifs is 2. The lowest BCUT2D eigenvalue weighted by atomic mass is 9.74. The summed E-state index contributed by atoms with van der Waals surface area (Å²) >= 11 is 1.90. The standard InChI is InChI=1S/C14H23N3S/c1-9(2)18-14-12-6-11-8-17(3)5-4-10(11)7-13(12)15-16-14/h9-11H,4-8H2,1-3H3,(H,15,16)/t10-,11+/m1/s1. The number of nitrogens with one attached hydrogen (secondary N) is 1. The van der Waals surface area contributed by atoms with Gasteiger partial charge in [0.15, 0.2) is 0 Å². The van der Waals surface area contributed by atoms with Crippen LogP contribution in [0.2, 0.25) is 0 Å². The number of rotatable bonds is 2. The van der Waals surface area contributed by atoms with Gasteiger partial charge in [-0.25, -0.2) is 0 Å². The third-order valence-corrected chi connectivity index (χ3v) is 5.32. The van der Waals surface area contributed by atoms with Crippen LogP contribution in [0, 0.1) is 11.8 Å². The molecule has 4 heteroatoms. The lowest BCUT2D eigenvalue weighted by molar-refractivity contribution is 0.133. The molecule has 3 nitrogen and oxygen atoms in total. The van der Waals surface area contributed by atoms with E-state index in [4.69, 9.17) is 0 Å². The quantitative estimate of drug-likeness (QED) is 0.834. The molecule has 1 fully saturated rings. The van der Waals surface area contributed by atoms with Gasteiger partial charge in [-0.3, -0.25) is 5.10 Å². The van der Waals surface area contributed by atoms with E-state index in [1.165, 1.54) is 48.6 Å². The SMILES string of the molecule is CC(C)Sc1n[nH]c2c1C[C@H]1CN(C)CC[C@@H]1C2. The van der Waals surface area contributed by atoms with Crippen LogP contribution in [0.15, 0.2) is 5.03 Å². The summed E-state index contributed by atoms with van der Waals surface area (Å²) in [5.41, 5.74) is 2.94. The van der Waals surface area contributed by atoms with E-state index in [-0.39, 0.29) is 0 Å². The fourth-order valence-corrected chi connectivity index (χ4v) is 4.26. The minimum atomic E-state index is 0.615. The number of aromatic nitrogens is 2. The molecule has 1 saturated heterocycles. The molecule has 1 aliphatic heterocycles. The normalized spacial score (nSPS) is 28.2. The molecule has 0 aromatic carbocycles. The third-order valence-electron chi connectivity index (χ3n) is 4.29. The molecule has 2 atom stereocenters. The number of H-pyrrole nitrogens is 1. The molecule has 1 aromatic rings. The van der Waals surface area contributed by atoms with E-state index in [1.54, 1.807) is 0 Å². The molecule has 0 radical (unpaired) electrons. The van der Waals surface area contributed by atoms with E-state index in [2.05, 4.69) is 36.0 Å². The first-order valence-electron chi connectivity index (χ1n) is 7.04. The average molecular weight is 265 g/mol. The second kappa shape index (κ2) is 4.89. The van der Waals surface area contributed by atoms with Crippen LogP contribution in [0.3, 0.4) is 0 Å². The first-order valence-corrected chi connectivity index (χ1v) is 7.92. The van der Waals surface area contributed by atoms with E-state index in [1.807, 2.05) is 11.8 Å². The van der Waals surface area contributed by atoms with E-state index in [9.17, 15) is 0 Å². The Morgan fingerprint density at radius 3 is 2.94 bits per heavy atom. The van der Waals surface area contributed by atoms with E-state index >= 15 is 0 Å². The van der Waals surface area contributed by atoms with Gasteiger partial charge in [0, 0.05) is 23.1 Å². The monoisotopic (exact) mass is 265 g/mol. The minimum absolute atomic E-state index is 0.615. The van der Waals surface area contributed by atoms with Crippen LogP contribution >= 0.6 is 11.8 Å². The van der Waals surface area contributed by atoms with E-state index < -0.39 is 0 Å². The Morgan fingerprint density at radius 1 is 1.33 bits per heavy atom. The van der Waals surface area contributed by atoms with Crippen molar-refractivity contribution in [1.29, 1.82) is 0 Å². The Kier molecular flexibility index (Phi) is 3.41. The number of hydrogen-bond acceptors (Lipinski definition) is 3. The van der Waals surface area contributed by atoms with Crippen molar-refractivity contribution >= 4 is 11.8 Å². The molecule has 1 N–H and O–H groups in total. The van der Waals surface area contributed by atoms with Gasteiger partial charge in [-0.2, -0.15) is 5.10 Å². The zero-order chi connectivity index (χ0) is 12.7. The van der Waals surface area contributed by atoms with Crippen LogP contribution in [-0.4, -0.2) is 40.5 Å². The van der Waals surface area contributed by atoms with Gasteiger partial charge in [0.1, 0.15) is 5.03 Å². The molecule has 0 spiro atoms. The van der Waals surface area contributed by atoms with Gasteiger partial charge in [0.25, 0.3) is 0 Å². The number of nitrogens with zero attached hydrogens (tertiary/aromatic N) is 2. The number of piperidine rings is 1. The molecule has 1 aliphatic carbocycles. The van der Waals surface area contributed by atoms with Crippen molar-refractivity contribution in [3.05, 3.63) is 11.3 Å². The summed E-state index contributed by atoms with van der Waals surface area (Å²) in [6, 6.07) is 0. The first kappa shape index (κ1) is 12.5. The Labute approximate surface area is 114 Å². The van der Waals surface area contributed by atoms with Gasteiger partial charge in [-0.05, 0) is 44.7 Å². The highest BCUT2D eigenvalue weighted by atomic mass is 32.2. The second-order valence-electron chi connectivity index (χ2n) is 6.13. The fourth-order valence-electron chi connectivity index (χ4n) is 3.37. The Morgan fingerprint density at radius 2 is 2.17 bits per heavy atom. The van der Waals surface area contributed by atoms with Crippen LogP contribution in [0.1, 0.15) is 31.5 Å². The fraction of sp³-hybridized carbons (Fsp3) is 0.786. The molecule has 100 valence electrons. The maximum atomic E-state index is 4.54. The molecule has 0 bridgehead atoms. The maximum absolute atomic E-state index is 4.54. The van der Waals surface area contributed by atoms with Crippen molar-refractivity contribution in [2.45, 2.75) is 43.4 Å². The summed E-state index contributed by atoms with van der Waals surface area (Å²) in [5.74, 6) is 1.73. The Hall–Kier alpha value is -0.480. The lowest BCUT2D eigenvalue weighted by Crippen LogP contribution is -2.41. The number of hydrogen-bond donors (Lipinski definition) is 1. The van der Waals surface area contributed by atoms with Crippen molar-refractivity contribution in [2.24, 2.45) is 11.8 Å². The van der Waals surface area contributed by atoms with Gasteiger partial charge < -0.3 is 4.90 Å². The Balaban J connectivity index is 1.82. The van der Waals surface area contributed by atoms with E-state index in [0.29, 0.717) is 5.25 Å². The number of thioether (sulfide) groups is 1. The van der Waals surface area contributed by atoms with Crippen molar-refractivity contribution < 1.29 is 0 Å². The average Bonchev–Trinajstić information content (AvgIpc) is 2.68. The van der Waals surface area contributed by atoms with Gasteiger partial charge >= 0.3 is 0 Å². The number of likely N-dealkylation sites (tertiary alicyclic amines) is 1. The summed E-state index contributed by atoms with van der Waals surface area (Å²) in [6.45, 7) is 7.01. The van der Waals surface area contributed by atoms with Crippen LogP contribution in [0.25, 0.3) is 0 Å². The van der Waals surface area contributed by atoms with Gasteiger partial charge in [-0.15, -0.1) is 11.8 Å². The molecular weight excluding hydrogens is 242 g/mol. The predicted molar refractivity (Wildman–Crippen MR) is 76.1 cm³/mol. The van der Waals surface area contributed by atoms with E-state index in [0.717, 1.165) is 11.8 Å². The minimum Gasteiger partial charge on any atom is -0.306 e. The van der Waals surface area contributed by atoms with Crippen molar-refractivity contribution in [1.82, 2.24) is 15.1 Å². The maximum Gasteiger partial charge on any atom is 0.122 e. The topological polar surface area (TPSA) is 31.9 Å². The molecule has 2 heterocycles. The highest BCUT2D eigenvalue weighted by Gasteiger charge is 2.34. The van der Waals surface area contributed by atoms with Crippen LogP contribution in [0.5, 0.6) is 0 Å². The molecule has 0 saturated carbocycles. The highest BCUT2D eigenvalue weighted by Crippen LogP contribution is 2.38. The molecule has 0 unspecified atom stereocenters. The largest absolute Gasteiger partial charge is 0.306 e. The summed E-state index contributed by atoms with van der Waals surface area (Å²) in [6.07, 6.45) is 3.81. The molecule has 0 amide bonds. The van der Waals surface area contributed by atoms with Crippen molar-refractivity contribution in [2.75, 3.05) is 20.1 Å². The Bertz CT molecular complexity index is 427. The van der Waals surface area contributed by atoms with Gasteiger partial charge in [-0.1, -0.05) is 13.8 Å². The zero-order valence-electron chi connectivity index (χ0n) is 11.6. The molecule has 2 aliphatic rings. The lowest BCUT2D eigenvalue weighted by Gasteiger charge is -2.39. The van der Waals surface area contributed by atoms with Gasteiger partial charge in [0.05, 0.1) is 0 Å². The molecule has 3 rings (SSSR count). The summed E-state index contributed by atoms with van der Waals surface area (Å²) < 4.78 is 0. The number of aromatic amines is 1. The smallest absolute Gasteiger partial charge is 0.122 e. The van der Waals surface area contributed by atoms with Gasteiger partial charge in [0.2, 0.25) is 0 Å². The zero-order valence-corrected chi connectivity index (χ0v) is 12.4. The van der Waals surface area contributed by atoms with Crippen LogP contribution in [-0.2, 0) is 12.8 Å². The molecule has 1 aromatic heterocycles. The molecular formula is C14H23N3S. The summed E-state index contributed by atoms with van der Waals surface area (Å²) in [4.78, 5) is 2.49. The summed E-state index contributed by atoms with van der Waals surface area (Å²) in [5, 5.41) is 9.70. The molecule has 18 heavy (non-hydrogen) atoms. The highest BCUT2D eigenvalue weighted by molar-refractivity contribution is 7.99. The van der Waals surface area contributed by atoms with Crippen LogP contribution in [0.4, 0.5) is 0 Å². The van der Waals surface area contributed by atoms with Crippen molar-refractivity contribution in [3.8, 4) is 0 Å². The summed E-state index contributed by atoms with van der Waals surface area (Å²) in [7, 11) is 2.25. The van der Waals surface area contributed by atoms with Crippen LogP contribution < -0.4 is 0 Å². The predicted octanol–water partition coefficient (Wildman–Crippen LogP) is 2.58. The first-order chi connectivity index (χ1) is 8.63. The van der Waals surface area contributed by atoms with Crippen molar-refractivity contribution in [3.63, 3.8) is 0 Å².